The highest BCUT2D eigenvalue weighted by Crippen LogP contribution is 2.21. The van der Waals surface area contributed by atoms with Gasteiger partial charge in [0, 0.05) is 11.8 Å². The molecular weight excluding hydrogens is 360 g/mol. The normalized spacial score (nSPS) is 10.9. The Hall–Kier alpha value is -3.94. The highest BCUT2D eigenvalue weighted by Gasteiger charge is 2.08. The Morgan fingerprint density at radius 3 is 2.86 bits per heavy atom. The quantitative estimate of drug-likeness (QED) is 0.534. The van der Waals surface area contributed by atoms with E-state index in [1.165, 1.54) is 10.9 Å². The third-order valence-electron chi connectivity index (χ3n) is 4.27. The van der Waals surface area contributed by atoms with Crippen LogP contribution in [0.5, 0.6) is 5.75 Å². The highest BCUT2D eigenvalue weighted by molar-refractivity contribution is 5.83. The van der Waals surface area contributed by atoms with Gasteiger partial charge < -0.3 is 9.84 Å². The van der Waals surface area contributed by atoms with Crippen molar-refractivity contribution in [1.29, 1.82) is 0 Å². The Morgan fingerprint density at radius 2 is 2.07 bits per heavy atom. The maximum absolute atomic E-state index is 12.9. The van der Waals surface area contributed by atoms with Crippen LogP contribution in [-0.4, -0.2) is 37.4 Å². The van der Waals surface area contributed by atoms with Gasteiger partial charge in [0.25, 0.3) is 5.56 Å². The fourth-order valence-corrected chi connectivity index (χ4v) is 2.94. The molecule has 0 radical (unpaired) electrons. The number of fused-ring (bicyclic) bond motifs is 1. The number of rotatable bonds is 6. The zero-order valence-corrected chi connectivity index (χ0v) is 14.7. The van der Waals surface area contributed by atoms with Crippen molar-refractivity contribution in [1.82, 2.24) is 19.7 Å². The van der Waals surface area contributed by atoms with Gasteiger partial charge in [0.2, 0.25) is 0 Å². The molecule has 4 aromatic rings. The second-order valence-corrected chi connectivity index (χ2v) is 6.23. The van der Waals surface area contributed by atoms with Crippen molar-refractivity contribution >= 4 is 16.9 Å². The Kier molecular flexibility index (Phi) is 4.59. The number of nitrogens with zero attached hydrogens (tertiary/aromatic N) is 3. The standard InChI is InChI=1S/C20H16N4O4/c25-19(26)11-28-16-3-1-2-13(6-16)10-24-12-21-18-5-4-14(7-17(18)20(24)27)15-8-22-23-9-15/h1-9,12H,10-11H2,(H,22,23)(H,25,26). The number of aliphatic carboxylic acids is 1. The van der Waals surface area contributed by atoms with Crippen molar-refractivity contribution < 1.29 is 14.6 Å². The van der Waals surface area contributed by atoms with Crippen LogP contribution in [0, 0.1) is 0 Å². The maximum Gasteiger partial charge on any atom is 0.341 e. The smallest absolute Gasteiger partial charge is 0.341 e. The van der Waals surface area contributed by atoms with E-state index in [4.69, 9.17) is 9.84 Å². The minimum Gasteiger partial charge on any atom is -0.482 e. The van der Waals surface area contributed by atoms with Crippen molar-refractivity contribution in [2.45, 2.75) is 6.54 Å². The molecule has 0 fully saturated rings. The zero-order chi connectivity index (χ0) is 19.5. The van der Waals surface area contributed by atoms with Crippen LogP contribution in [0.3, 0.4) is 0 Å². The number of benzene rings is 2. The molecule has 0 unspecified atom stereocenters. The number of aromatic amines is 1. The summed E-state index contributed by atoms with van der Waals surface area (Å²) in [4.78, 5) is 28.0. The van der Waals surface area contributed by atoms with Gasteiger partial charge in [-0.25, -0.2) is 9.78 Å². The van der Waals surface area contributed by atoms with Crippen LogP contribution in [0.4, 0.5) is 0 Å². The summed E-state index contributed by atoms with van der Waals surface area (Å²) in [7, 11) is 0. The molecule has 2 heterocycles. The summed E-state index contributed by atoms with van der Waals surface area (Å²) in [5, 5.41) is 15.9. The van der Waals surface area contributed by atoms with Gasteiger partial charge in [0.15, 0.2) is 6.61 Å². The SMILES string of the molecule is O=C(O)COc1cccc(Cn2cnc3ccc(-c4cn[nH]c4)cc3c2=O)c1. The predicted molar refractivity (Wildman–Crippen MR) is 102 cm³/mol. The third kappa shape index (κ3) is 3.61. The minimum absolute atomic E-state index is 0.160. The number of carbonyl (C=O) groups is 1. The average Bonchev–Trinajstić information content (AvgIpc) is 3.24. The van der Waals surface area contributed by atoms with Crippen molar-refractivity contribution in [3.8, 4) is 16.9 Å². The first-order valence-corrected chi connectivity index (χ1v) is 8.52. The predicted octanol–water partition coefficient (Wildman–Crippen LogP) is 2.30. The fourth-order valence-electron chi connectivity index (χ4n) is 2.94. The Morgan fingerprint density at radius 1 is 1.18 bits per heavy atom. The zero-order valence-electron chi connectivity index (χ0n) is 14.7. The highest BCUT2D eigenvalue weighted by atomic mass is 16.5. The van der Waals surface area contributed by atoms with E-state index in [9.17, 15) is 9.59 Å². The first kappa shape index (κ1) is 17.5. The molecule has 2 N–H and O–H groups in total. The van der Waals surface area contributed by atoms with Crippen molar-refractivity contribution in [3.63, 3.8) is 0 Å². The van der Waals surface area contributed by atoms with Gasteiger partial charge >= 0.3 is 5.97 Å². The number of carboxylic acid groups (broad SMARTS) is 1. The number of hydrogen-bond donors (Lipinski definition) is 2. The molecule has 4 rings (SSSR count). The first-order chi connectivity index (χ1) is 13.6. The summed E-state index contributed by atoms with van der Waals surface area (Å²) in [6.45, 7) is -0.125. The van der Waals surface area contributed by atoms with E-state index in [0.29, 0.717) is 23.2 Å². The van der Waals surface area contributed by atoms with Crippen LogP contribution >= 0.6 is 0 Å². The summed E-state index contributed by atoms with van der Waals surface area (Å²) in [6.07, 6.45) is 4.96. The van der Waals surface area contributed by atoms with E-state index in [1.54, 1.807) is 36.7 Å². The first-order valence-electron chi connectivity index (χ1n) is 8.52. The molecule has 8 heteroatoms. The van der Waals surface area contributed by atoms with Gasteiger partial charge in [0.1, 0.15) is 5.75 Å². The molecule has 0 atom stereocenters. The molecule has 0 saturated heterocycles. The van der Waals surface area contributed by atoms with Crippen molar-refractivity contribution in [2.75, 3.05) is 6.61 Å². The molecule has 2 aromatic heterocycles. The molecule has 0 bridgehead atoms. The van der Waals surface area contributed by atoms with Crippen LogP contribution in [0.2, 0.25) is 0 Å². The van der Waals surface area contributed by atoms with E-state index >= 15 is 0 Å². The van der Waals surface area contributed by atoms with Gasteiger partial charge in [-0.2, -0.15) is 5.10 Å². The fraction of sp³-hybridized carbons (Fsp3) is 0.100. The lowest BCUT2D eigenvalue weighted by molar-refractivity contribution is -0.139. The molecule has 0 aliphatic carbocycles. The van der Waals surface area contributed by atoms with E-state index < -0.39 is 12.6 Å². The Balaban J connectivity index is 1.66. The molecule has 28 heavy (non-hydrogen) atoms. The lowest BCUT2D eigenvalue weighted by Gasteiger charge is -2.09. The van der Waals surface area contributed by atoms with E-state index in [0.717, 1.165) is 16.7 Å². The second kappa shape index (κ2) is 7.36. The average molecular weight is 376 g/mol. The summed E-state index contributed by atoms with van der Waals surface area (Å²) < 4.78 is 6.70. The van der Waals surface area contributed by atoms with Crippen LogP contribution in [0.1, 0.15) is 5.56 Å². The molecule has 0 saturated carbocycles. The number of ether oxygens (including phenoxy) is 1. The van der Waals surface area contributed by atoms with Gasteiger partial charge in [0.05, 0.1) is 30.0 Å². The molecule has 8 nitrogen and oxygen atoms in total. The number of nitrogens with one attached hydrogen (secondary N) is 1. The largest absolute Gasteiger partial charge is 0.482 e. The number of H-pyrrole nitrogens is 1. The van der Waals surface area contributed by atoms with Gasteiger partial charge in [-0.05, 0) is 35.4 Å². The molecule has 0 spiro atoms. The Bertz CT molecular complexity index is 1200. The molecule has 0 amide bonds. The van der Waals surface area contributed by atoms with Crippen LogP contribution in [-0.2, 0) is 11.3 Å². The minimum atomic E-state index is -1.05. The Labute approximate surface area is 159 Å². The van der Waals surface area contributed by atoms with Crippen molar-refractivity contribution in [2.24, 2.45) is 0 Å². The second-order valence-electron chi connectivity index (χ2n) is 6.23. The van der Waals surface area contributed by atoms with Gasteiger partial charge in [-0.15, -0.1) is 0 Å². The summed E-state index contributed by atoms with van der Waals surface area (Å²) in [5.74, 6) is -0.613. The van der Waals surface area contributed by atoms with Crippen molar-refractivity contribution in [3.05, 3.63) is 77.1 Å². The van der Waals surface area contributed by atoms with Crippen LogP contribution in [0.15, 0.2) is 66.0 Å². The molecule has 2 aromatic carbocycles. The lowest BCUT2D eigenvalue weighted by Crippen LogP contribution is -2.21. The molecular formula is C20H16N4O4. The van der Waals surface area contributed by atoms with Gasteiger partial charge in [-0.3, -0.25) is 14.5 Å². The molecule has 0 aliphatic heterocycles. The summed E-state index contributed by atoms with van der Waals surface area (Å²) >= 11 is 0. The monoisotopic (exact) mass is 376 g/mol. The maximum atomic E-state index is 12.9. The third-order valence-corrected chi connectivity index (χ3v) is 4.27. The topological polar surface area (TPSA) is 110 Å². The van der Waals surface area contributed by atoms with Crippen LogP contribution < -0.4 is 10.3 Å². The van der Waals surface area contributed by atoms with E-state index in [-0.39, 0.29) is 5.56 Å². The number of hydrogen-bond acceptors (Lipinski definition) is 5. The molecule has 0 aliphatic rings. The van der Waals surface area contributed by atoms with Gasteiger partial charge in [-0.1, -0.05) is 18.2 Å². The molecule has 140 valence electrons. The summed E-state index contributed by atoms with van der Waals surface area (Å²) in [5.41, 5.74) is 3.03. The number of carboxylic acids is 1. The van der Waals surface area contributed by atoms with E-state index in [1.807, 2.05) is 18.2 Å². The van der Waals surface area contributed by atoms with Crippen LogP contribution in [0.25, 0.3) is 22.0 Å². The lowest BCUT2D eigenvalue weighted by atomic mass is 10.1. The summed E-state index contributed by atoms with van der Waals surface area (Å²) in [6, 6.07) is 12.5. The van der Waals surface area contributed by atoms with E-state index in [2.05, 4.69) is 15.2 Å². The number of aromatic nitrogens is 4.